The third kappa shape index (κ3) is 4.77. The number of amides is 1. The van der Waals surface area contributed by atoms with Crippen molar-refractivity contribution in [3.05, 3.63) is 35.4 Å². The number of rotatable bonds is 6. The highest BCUT2D eigenvalue weighted by molar-refractivity contribution is 5.79. The van der Waals surface area contributed by atoms with E-state index >= 15 is 0 Å². The summed E-state index contributed by atoms with van der Waals surface area (Å²) in [5.74, 6) is -1.16. The van der Waals surface area contributed by atoms with Crippen LogP contribution in [0.25, 0.3) is 0 Å². The zero-order valence-corrected chi connectivity index (χ0v) is 14.0. The lowest BCUT2D eigenvalue weighted by Crippen LogP contribution is -2.35. The Morgan fingerprint density at radius 3 is 2.62 bits per heavy atom. The topological polar surface area (TPSA) is 52.9 Å². The molecule has 2 rings (SSSR count). The van der Waals surface area contributed by atoms with Gasteiger partial charge in [-0.05, 0) is 37.7 Å². The number of hydrogen-bond donors (Lipinski definition) is 1. The molecule has 1 saturated carbocycles. The van der Waals surface area contributed by atoms with Gasteiger partial charge in [0.1, 0.15) is 17.7 Å². The van der Waals surface area contributed by atoms with Gasteiger partial charge in [0.2, 0.25) is 5.91 Å². The maximum Gasteiger partial charge on any atom is 0.224 e. The van der Waals surface area contributed by atoms with Gasteiger partial charge >= 0.3 is 0 Å². The number of carbonyl (C=O) groups excluding carboxylic acids is 1. The van der Waals surface area contributed by atoms with E-state index in [1.54, 1.807) is 0 Å². The van der Waals surface area contributed by atoms with E-state index in [1.165, 1.54) is 25.3 Å². The van der Waals surface area contributed by atoms with E-state index in [2.05, 4.69) is 12.2 Å². The Kier molecular flexibility index (Phi) is 6.72. The Morgan fingerprint density at radius 1 is 1.33 bits per heavy atom. The lowest BCUT2D eigenvalue weighted by atomic mass is 9.79. The molecule has 1 aromatic rings. The van der Waals surface area contributed by atoms with Gasteiger partial charge in [-0.3, -0.25) is 4.79 Å². The van der Waals surface area contributed by atoms with Gasteiger partial charge in [0, 0.05) is 17.5 Å². The molecule has 1 aromatic carbocycles. The summed E-state index contributed by atoms with van der Waals surface area (Å²) >= 11 is 0. The van der Waals surface area contributed by atoms with E-state index in [0.717, 1.165) is 37.8 Å². The van der Waals surface area contributed by atoms with E-state index in [-0.39, 0.29) is 17.4 Å². The second-order valence-electron chi connectivity index (χ2n) is 6.60. The summed E-state index contributed by atoms with van der Waals surface area (Å²) in [6.07, 6.45) is 7.30. The Hall–Kier alpha value is -1.96. The van der Waals surface area contributed by atoms with Crippen molar-refractivity contribution >= 4 is 5.91 Å². The molecule has 1 amide bonds. The van der Waals surface area contributed by atoms with Crippen molar-refractivity contribution < 1.29 is 13.6 Å². The molecule has 0 aromatic heterocycles. The zero-order valence-electron chi connectivity index (χ0n) is 14.0. The SMILES string of the molecule is CCCCC1CCC(C(=O)NC(C#N)c2ccc(F)cc2F)CC1. The summed E-state index contributed by atoms with van der Waals surface area (Å²) in [6, 6.07) is 3.83. The molecule has 1 N–H and O–H groups in total. The standard InChI is InChI=1S/C19H24F2N2O/c1-2-3-4-13-5-7-14(8-6-13)19(24)23-18(12-22)16-10-9-15(20)11-17(16)21/h9-11,13-14,18H,2-8H2,1H3,(H,23,24). The quantitative estimate of drug-likeness (QED) is 0.824. The maximum atomic E-state index is 13.8. The number of benzene rings is 1. The predicted octanol–water partition coefficient (Wildman–Crippen LogP) is 4.64. The van der Waals surface area contributed by atoms with Crippen molar-refractivity contribution in [3.63, 3.8) is 0 Å². The number of nitrogens with zero attached hydrogens (tertiary/aromatic N) is 1. The van der Waals surface area contributed by atoms with Crippen LogP contribution in [0.4, 0.5) is 8.78 Å². The van der Waals surface area contributed by atoms with Crippen LogP contribution in [0.2, 0.25) is 0 Å². The van der Waals surface area contributed by atoms with Crippen LogP contribution in [0, 0.1) is 34.8 Å². The monoisotopic (exact) mass is 334 g/mol. The molecule has 0 bridgehead atoms. The second-order valence-corrected chi connectivity index (χ2v) is 6.60. The van der Waals surface area contributed by atoms with E-state index in [0.29, 0.717) is 5.92 Å². The normalized spacial score (nSPS) is 21.8. The van der Waals surface area contributed by atoms with Gasteiger partial charge in [-0.25, -0.2) is 8.78 Å². The molecule has 0 saturated heterocycles. The number of nitriles is 1. The van der Waals surface area contributed by atoms with E-state index < -0.39 is 17.7 Å². The van der Waals surface area contributed by atoms with Crippen LogP contribution in [-0.4, -0.2) is 5.91 Å². The van der Waals surface area contributed by atoms with Gasteiger partial charge in [-0.2, -0.15) is 5.26 Å². The lowest BCUT2D eigenvalue weighted by molar-refractivity contribution is -0.126. The van der Waals surface area contributed by atoms with Crippen LogP contribution in [-0.2, 0) is 4.79 Å². The minimum Gasteiger partial charge on any atom is -0.336 e. The number of unbranched alkanes of at least 4 members (excludes halogenated alkanes) is 1. The lowest BCUT2D eigenvalue weighted by Gasteiger charge is -2.28. The number of carbonyl (C=O) groups is 1. The van der Waals surface area contributed by atoms with Crippen molar-refractivity contribution in [2.45, 2.75) is 57.9 Å². The molecule has 24 heavy (non-hydrogen) atoms. The van der Waals surface area contributed by atoms with Crippen LogP contribution >= 0.6 is 0 Å². The molecule has 1 aliphatic carbocycles. The second kappa shape index (κ2) is 8.77. The highest BCUT2D eigenvalue weighted by atomic mass is 19.1. The van der Waals surface area contributed by atoms with E-state index in [1.807, 2.05) is 6.07 Å². The molecule has 1 unspecified atom stereocenters. The number of nitrogens with one attached hydrogen (secondary N) is 1. The number of hydrogen-bond acceptors (Lipinski definition) is 2. The average Bonchev–Trinajstić information content (AvgIpc) is 2.58. The van der Waals surface area contributed by atoms with Gasteiger partial charge < -0.3 is 5.32 Å². The minimum atomic E-state index is -1.09. The van der Waals surface area contributed by atoms with Crippen molar-refractivity contribution in [1.29, 1.82) is 5.26 Å². The molecule has 1 aliphatic rings. The van der Waals surface area contributed by atoms with Gasteiger partial charge in [-0.15, -0.1) is 0 Å². The molecule has 0 spiro atoms. The van der Waals surface area contributed by atoms with Gasteiger partial charge in [0.25, 0.3) is 0 Å². The smallest absolute Gasteiger partial charge is 0.224 e. The average molecular weight is 334 g/mol. The van der Waals surface area contributed by atoms with Crippen molar-refractivity contribution in [2.75, 3.05) is 0 Å². The van der Waals surface area contributed by atoms with Gasteiger partial charge in [-0.1, -0.05) is 32.3 Å². The van der Waals surface area contributed by atoms with Gasteiger partial charge in [0.15, 0.2) is 0 Å². The zero-order chi connectivity index (χ0) is 17.5. The molecular formula is C19H24F2N2O. The molecule has 0 heterocycles. The Labute approximate surface area is 142 Å². The first-order valence-corrected chi connectivity index (χ1v) is 8.70. The maximum absolute atomic E-state index is 13.8. The van der Waals surface area contributed by atoms with Crippen molar-refractivity contribution in [3.8, 4) is 6.07 Å². The summed E-state index contributed by atoms with van der Waals surface area (Å²) in [4.78, 5) is 12.4. The molecule has 5 heteroatoms. The van der Waals surface area contributed by atoms with Crippen LogP contribution in [0.3, 0.4) is 0 Å². The first kappa shape index (κ1) is 18.4. The summed E-state index contributed by atoms with van der Waals surface area (Å²) < 4.78 is 26.8. The third-order valence-electron chi connectivity index (χ3n) is 4.87. The van der Waals surface area contributed by atoms with Crippen molar-refractivity contribution in [2.24, 2.45) is 11.8 Å². The molecular weight excluding hydrogens is 310 g/mol. The molecule has 130 valence electrons. The molecule has 1 atom stereocenters. The van der Waals surface area contributed by atoms with Gasteiger partial charge in [0.05, 0.1) is 6.07 Å². The highest BCUT2D eigenvalue weighted by Gasteiger charge is 2.28. The highest BCUT2D eigenvalue weighted by Crippen LogP contribution is 2.32. The largest absolute Gasteiger partial charge is 0.336 e. The minimum absolute atomic E-state index is 0.00359. The Balaban J connectivity index is 1.92. The van der Waals surface area contributed by atoms with Crippen molar-refractivity contribution in [1.82, 2.24) is 5.32 Å². The van der Waals surface area contributed by atoms with Crippen LogP contribution in [0.5, 0.6) is 0 Å². The third-order valence-corrected chi connectivity index (χ3v) is 4.87. The van der Waals surface area contributed by atoms with Crippen LogP contribution in [0.15, 0.2) is 18.2 Å². The summed E-state index contributed by atoms with van der Waals surface area (Å²) in [6.45, 7) is 2.18. The molecule has 1 fully saturated rings. The van der Waals surface area contributed by atoms with E-state index in [4.69, 9.17) is 0 Å². The molecule has 0 aliphatic heterocycles. The first-order chi connectivity index (χ1) is 11.5. The Morgan fingerprint density at radius 2 is 2.04 bits per heavy atom. The van der Waals surface area contributed by atoms with Crippen LogP contribution < -0.4 is 5.32 Å². The summed E-state index contributed by atoms with van der Waals surface area (Å²) in [7, 11) is 0. The fourth-order valence-electron chi connectivity index (χ4n) is 3.38. The summed E-state index contributed by atoms with van der Waals surface area (Å²) in [5.41, 5.74) is 0.00359. The Bertz CT molecular complexity index is 604. The first-order valence-electron chi connectivity index (χ1n) is 8.70. The van der Waals surface area contributed by atoms with E-state index in [9.17, 15) is 18.8 Å². The predicted molar refractivity (Wildman–Crippen MR) is 87.8 cm³/mol. The fourth-order valence-corrected chi connectivity index (χ4v) is 3.38. The molecule has 3 nitrogen and oxygen atoms in total. The van der Waals surface area contributed by atoms with Crippen LogP contribution in [0.1, 0.15) is 63.5 Å². The molecule has 0 radical (unpaired) electrons. The fraction of sp³-hybridized carbons (Fsp3) is 0.579. The number of halogens is 2. The summed E-state index contributed by atoms with van der Waals surface area (Å²) in [5, 5.41) is 11.8.